The SMILES string of the molecule is CCC1CCC(N(C)CCn2cc(CN)nn2)CC1. The van der Waals surface area contributed by atoms with Crippen molar-refractivity contribution in [1.82, 2.24) is 19.9 Å². The third-order valence-corrected chi connectivity index (χ3v) is 4.49. The van der Waals surface area contributed by atoms with E-state index in [1.807, 2.05) is 10.9 Å². The Morgan fingerprint density at radius 1 is 1.37 bits per heavy atom. The molecule has 0 saturated heterocycles. The summed E-state index contributed by atoms with van der Waals surface area (Å²) < 4.78 is 1.90. The zero-order valence-corrected chi connectivity index (χ0v) is 12.3. The second-order valence-electron chi connectivity index (χ2n) is 5.74. The van der Waals surface area contributed by atoms with Gasteiger partial charge in [-0.05, 0) is 38.6 Å². The van der Waals surface area contributed by atoms with Gasteiger partial charge < -0.3 is 10.6 Å². The van der Waals surface area contributed by atoms with Crippen LogP contribution in [0.5, 0.6) is 0 Å². The average Bonchev–Trinajstić information content (AvgIpc) is 2.93. The number of hydrogen-bond donors (Lipinski definition) is 1. The lowest BCUT2D eigenvalue weighted by molar-refractivity contribution is 0.157. The topological polar surface area (TPSA) is 60.0 Å². The molecule has 1 heterocycles. The van der Waals surface area contributed by atoms with Gasteiger partial charge >= 0.3 is 0 Å². The standard InChI is InChI=1S/C14H27N5/c1-3-12-4-6-14(7-5-12)18(2)8-9-19-11-13(10-15)16-17-19/h11-12,14H,3-10,15H2,1-2H3. The molecular formula is C14H27N5. The van der Waals surface area contributed by atoms with E-state index < -0.39 is 0 Å². The van der Waals surface area contributed by atoms with Gasteiger partial charge in [-0.3, -0.25) is 4.68 Å². The summed E-state index contributed by atoms with van der Waals surface area (Å²) in [7, 11) is 2.23. The quantitative estimate of drug-likeness (QED) is 0.849. The van der Waals surface area contributed by atoms with Crippen molar-refractivity contribution in [3.63, 3.8) is 0 Å². The fourth-order valence-corrected chi connectivity index (χ4v) is 2.98. The zero-order chi connectivity index (χ0) is 13.7. The molecule has 1 aromatic rings. The predicted octanol–water partition coefficient (Wildman–Crippen LogP) is 1.64. The van der Waals surface area contributed by atoms with Crippen LogP contribution in [0.2, 0.25) is 0 Å². The summed E-state index contributed by atoms with van der Waals surface area (Å²) in [5.41, 5.74) is 6.40. The lowest BCUT2D eigenvalue weighted by Crippen LogP contribution is -2.37. The van der Waals surface area contributed by atoms with Crippen LogP contribution in [0.15, 0.2) is 6.20 Å². The molecule has 0 aliphatic heterocycles. The van der Waals surface area contributed by atoms with Crippen LogP contribution in [-0.4, -0.2) is 39.5 Å². The van der Waals surface area contributed by atoms with Gasteiger partial charge in [0, 0.05) is 25.3 Å². The summed E-state index contributed by atoms with van der Waals surface area (Å²) in [6.45, 7) is 4.72. The van der Waals surface area contributed by atoms with Crippen LogP contribution in [0, 0.1) is 5.92 Å². The van der Waals surface area contributed by atoms with Gasteiger partial charge in [0.05, 0.1) is 12.2 Å². The number of aromatic nitrogens is 3. The molecule has 19 heavy (non-hydrogen) atoms. The number of hydrogen-bond acceptors (Lipinski definition) is 4. The third-order valence-electron chi connectivity index (χ3n) is 4.49. The Balaban J connectivity index is 1.73. The van der Waals surface area contributed by atoms with Gasteiger partial charge in [-0.1, -0.05) is 18.6 Å². The van der Waals surface area contributed by atoms with E-state index in [2.05, 4.69) is 29.2 Å². The van der Waals surface area contributed by atoms with Crippen molar-refractivity contribution < 1.29 is 0 Å². The fraction of sp³-hybridized carbons (Fsp3) is 0.857. The third kappa shape index (κ3) is 4.01. The summed E-state index contributed by atoms with van der Waals surface area (Å²) in [5, 5.41) is 8.11. The van der Waals surface area contributed by atoms with Gasteiger partial charge in [-0.2, -0.15) is 0 Å². The highest BCUT2D eigenvalue weighted by atomic mass is 15.4. The maximum Gasteiger partial charge on any atom is 0.0962 e. The number of rotatable bonds is 6. The highest BCUT2D eigenvalue weighted by Crippen LogP contribution is 2.28. The Morgan fingerprint density at radius 3 is 2.68 bits per heavy atom. The molecule has 5 nitrogen and oxygen atoms in total. The smallest absolute Gasteiger partial charge is 0.0962 e. The van der Waals surface area contributed by atoms with Gasteiger partial charge in [0.15, 0.2) is 0 Å². The molecule has 2 N–H and O–H groups in total. The van der Waals surface area contributed by atoms with Crippen molar-refractivity contribution in [2.24, 2.45) is 11.7 Å². The van der Waals surface area contributed by atoms with Crippen LogP contribution in [0.25, 0.3) is 0 Å². The maximum atomic E-state index is 5.54. The van der Waals surface area contributed by atoms with Crippen LogP contribution < -0.4 is 5.73 Å². The molecule has 0 radical (unpaired) electrons. The van der Waals surface area contributed by atoms with E-state index in [1.54, 1.807) is 0 Å². The van der Waals surface area contributed by atoms with Crippen molar-refractivity contribution in [3.8, 4) is 0 Å². The molecule has 0 spiro atoms. The first-order valence-corrected chi connectivity index (χ1v) is 7.52. The molecule has 1 fully saturated rings. The molecule has 0 unspecified atom stereocenters. The van der Waals surface area contributed by atoms with Crippen LogP contribution in [0.4, 0.5) is 0 Å². The van der Waals surface area contributed by atoms with Gasteiger partial charge in [0.2, 0.25) is 0 Å². The summed E-state index contributed by atoms with van der Waals surface area (Å²) in [6.07, 6.45) is 8.78. The van der Waals surface area contributed by atoms with Crippen molar-refractivity contribution in [3.05, 3.63) is 11.9 Å². The highest BCUT2D eigenvalue weighted by Gasteiger charge is 2.22. The summed E-state index contributed by atoms with van der Waals surface area (Å²) in [4.78, 5) is 2.48. The molecule has 0 bridgehead atoms. The first-order chi connectivity index (χ1) is 9.22. The minimum atomic E-state index is 0.469. The molecule has 5 heteroatoms. The Hall–Kier alpha value is -0.940. The predicted molar refractivity (Wildman–Crippen MR) is 76.6 cm³/mol. The minimum Gasteiger partial charge on any atom is -0.325 e. The molecular weight excluding hydrogens is 238 g/mol. The Morgan fingerprint density at radius 2 is 2.11 bits per heavy atom. The van der Waals surface area contributed by atoms with E-state index in [0.29, 0.717) is 6.54 Å². The van der Waals surface area contributed by atoms with Gasteiger partial charge in [0.25, 0.3) is 0 Å². The monoisotopic (exact) mass is 265 g/mol. The molecule has 1 saturated carbocycles. The van der Waals surface area contributed by atoms with Crippen molar-refractivity contribution in [2.45, 2.75) is 58.2 Å². The van der Waals surface area contributed by atoms with E-state index in [9.17, 15) is 0 Å². The lowest BCUT2D eigenvalue weighted by Gasteiger charge is -2.34. The van der Waals surface area contributed by atoms with Crippen LogP contribution in [-0.2, 0) is 13.1 Å². The molecule has 0 atom stereocenters. The molecule has 0 aromatic carbocycles. The number of nitrogens with two attached hydrogens (primary N) is 1. The molecule has 108 valence electrons. The van der Waals surface area contributed by atoms with Crippen LogP contribution in [0.3, 0.4) is 0 Å². The Bertz CT molecular complexity index is 368. The maximum absolute atomic E-state index is 5.54. The van der Waals surface area contributed by atoms with E-state index in [-0.39, 0.29) is 0 Å². The fourth-order valence-electron chi connectivity index (χ4n) is 2.98. The van der Waals surface area contributed by atoms with Crippen LogP contribution >= 0.6 is 0 Å². The summed E-state index contributed by atoms with van der Waals surface area (Å²) in [6, 6.07) is 0.750. The largest absolute Gasteiger partial charge is 0.325 e. The Kier molecular flexibility index (Phi) is 5.34. The van der Waals surface area contributed by atoms with Crippen molar-refractivity contribution in [1.29, 1.82) is 0 Å². The van der Waals surface area contributed by atoms with E-state index in [0.717, 1.165) is 30.7 Å². The van der Waals surface area contributed by atoms with E-state index in [4.69, 9.17) is 5.73 Å². The van der Waals surface area contributed by atoms with Crippen LogP contribution in [0.1, 0.15) is 44.7 Å². The molecule has 0 amide bonds. The second-order valence-corrected chi connectivity index (χ2v) is 5.74. The van der Waals surface area contributed by atoms with Gasteiger partial charge in [-0.25, -0.2) is 0 Å². The molecule has 1 aliphatic carbocycles. The normalized spacial score (nSPS) is 24.0. The Labute approximate surface area is 116 Å². The first kappa shape index (κ1) is 14.5. The minimum absolute atomic E-state index is 0.469. The molecule has 2 rings (SSSR count). The number of likely N-dealkylation sites (N-methyl/N-ethyl adjacent to an activating group) is 1. The van der Waals surface area contributed by atoms with Crippen molar-refractivity contribution in [2.75, 3.05) is 13.6 Å². The van der Waals surface area contributed by atoms with E-state index in [1.165, 1.54) is 32.1 Å². The van der Waals surface area contributed by atoms with Gasteiger partial charge in [-0.15, -0.1) is 5.10 Å². The van der Waals surface area contributed by atoms with E-state index >= 15 is 0 Å². The highest BCUT2D eigenvalue weighted by molar-refractivity contribution is 4.90. The zero-order valence-electron chi connectivity index (χ0n) is 12.3. The summed E-state index contributed by atoms with van der Waals surface area (Å²) >= 11 is 0. The first-order valence-electron chi connectivity index (χ1n) is 7.52. The second kappa shape index (κ2) is 7.01. The molecule has 1 aromatic heterocycles. The average molecular weight is 265 g/mol. The van der Waals surface area contributed by atoms with Crippen molar-refractivity contribution >= 4 is 0 Å². The van der Waals surface area contributed by atoms with Gasteiger partial charge in [0.1, 0.15) is 0 Å². The lowest BCUT2D eigenvalue weighted by atomic mass is 9.84. The molecule has 1 aliphatic rings. The number of nitrogens with zero attached hydrogens (tertiary/aromatic N) is 4. The summed E-state index contributed by atoms with van der Waals surface area (Å²) in [5.74, 6) is 0.965.